The second-order valence-electron chi connectivity index (χ2n) is 4.99. The van der Waals surface area contributed by atoms with E-state index in [2.05, 4.69) is 29.3 Å². The summed E-state index contributed by atoms with van der Waals surface area (Å²) in [6, 6.07) is 8.19. The highest BCUT2D eigenvalue weighted by Crippen LogP contribution is 2.12. The van der Waals surface area contributed by atoms with Gasteiger partial charge in [0.2, 0.25) is 0 Å². The van der Waals surface area contributed by atoms with Gasteiger partial charge in [0.05, 0.1) is 0 Å². The molecule has 2 rings (SSSR count). The van der Waals surface area contributed by atoms with E-state index in [1.165, 1.54) is 12.1 Å². The van der Waals surface area contributed by atoms with Crippen molar-refractivity contribution in [2.45, 2.75) is 13.3 Å². The Morgan fingerprint density at radius 3 is 3.18 bits per heavy atom. The van der Waals surface area contributed by atoms with Gasteiger partial charge in [0, 0.05) is 31.2 Å². The van der Waals surface area contributed by atoms with Crippen LogP contribution in [0.15, 0.2) is 24.3 Å². The van der Waals surface area contributed by atoms with Gasteiger partial charge in [-0.1, -0.05) is 30.7 Å². The Kier molecular flexibility index (Phi) is 4.84. The van der Waals surface area contributed by atoms with Crippen molar-refractivity contribution in [2.75, 3.05) is 32.7 Å². The molecule has 0 aromatic heterocycles. The maximum absolute atomic E-state index is 5.99. The first-order valence-corrected chi connectivity index (χ1v) is 6.79. The molecule has 0 aliphatic carbocycles. The molecule has 17 heavy (non-hydrogen) atoms. The van der Waals surface area contributed by atoms with Gasteiger partial charge >= 0.3 is 0 Å². The zero-order valence-electron chi connectivity index (χ0n) is 10.5. The minimum atomic E-state index is 0.747. The molecule has 1 unspecified atom stereocenters. The lowest BCUT2D eigenvalue weighted by Crippen LogP contribution is -2.31. The summed E-state index contributed by atoms with van der Waals surface area (Å²) in [7, 11) is 0. The maximum Gasteiger partial charge on any atom is 0.0408 e. The zero-order chi connectivity index (χ0) is 12.1. The van der Waals surface area contributed by atoms with E-state index >= 15 is 0 Å². The Bertz CT molecular complexity index is 354. The lowest BCUT2D eigenvalue weighted by Gasteiger charge is -2.21. The van der Waals surface area contributed by atoms with Crippen molar-refractivity contribution in [3.63, 3.8) is 0 Å². The molecule has 0 spiro atoms. The monoisotopic (exact) mass is 252 g/mol. The number of halogens is 1. The number of hydrogen-bond donors (Lipinski definition) is 1. The summed E-state index contributed by atoms with van der Waals surface area (Å²) in [6.45, 7) is 8.06. The molecule has 1 heterocycles. The van der Waals surface area contributed by atoms with E-state index in [1.54, 1.807) is 0 Å². The van der Waals surface area contributed by atoms with Crippen molar-refractivity contribution in [2.24, 2.45) is 5.92 Å². The Balaban J connectivity index is 1.84. The lowest BCUT2D eigenvalue weighted by molar-refractivity contribution is 0.268. The Morgan fingerprint density at radius 1 is 1.47 bits per heavy atom. The summed E-state index contributed by atoms with van der Waals surface area (Å²) in [5.74, 6) is 0.747. The Morgan fingerprint density at radius 2 is 2.35 bits per heavy atom. The molecule has 1 aromatic carbocycles. The molecule has 1 aromatic rings. The van der Waals surface area contributed by atoms with Gasteiger partial charge in [0.15, 0.2) is 0 Å². The first-order chi connectivity index (χ1) is 8.24. The fourth-order valence-corrected chi connectivity index (χ4v) is 2.58. The van der Waals surface area contributed by atoms with Crippen LogP contribution < -0.4 is 5.32 Å². The molecule has 94 valence electrons. The standard InChI is InChI=1S/C14H21ClN2/c1-12-10-16-6-8-17(11-12)7-5-13-3-2-4-14(15)9-13/h2-4,9,12,16H,5-8,10-11H2,1H3. The summed E-state index contributed by atoms with van der Waals surface area (Å²) < 4.78 is 0. The van der Waals surface area contributed by atoms with Crippen molar-refractivity contribution >= 4 is 11.6 Å². The topological polar surface area (TPSA) is 15.3 Å². The summed E-state index contributed by atoms with van der Waals surface area (Å²) in [5.41, 5.74) is 1.34. The second-order valence-corrected chi connectivity index (χ2v) is 5.43. The Hall–Kier alpha value is -0.570. The molecule has 0 bridgehead atoms. The van der Waals surface area contributed by atoms with Crippen LogP contribution in [0.3, 0.4) is 0 Å². The van der Waals surface area contributed by atoms with Crippen LogP contribution in [0.4, 0.5) is 0 Å². The zero-order valence-corrected chi connectivity index (χ0v) is 11.2. The third-order valence-corrected chi connectivity index (χ3v) is 3.51. The molecule has 3 heteroatoms. The molecule has 1 aliphatic heterocycles. The number of hydrogen-bond acceptors (Lipinski definition) is 2. The van der Waals surface area contributed by atoms with E-state index < -0.39 is 0 Å². The van der Waals surface area contributed by atoms with Gasteiger partial charge < -0.3 is 10.2 Å². The molecule has 0 amide bonds. The summed E-state index contributed by atoms with van der Waals surface area (Å²) in [5, 5.41) is 4.31. The maximum atomic E-state index is 5.99. The van der Waals surface area contributed by atoms with Crippen LogP contribution in [0.1, 0.15) is 12.5 Å². The van der Waals surface area contributed by atoms with Gasteiger partial charge in [-0.2, -0.15) is 0 Å². The molecule has 2 nitrogen and oxygen atoms in total. The van der Waals surface area contributed by atoms with E-state index in [-0.39, 0.29) is 0 Å². The van der Waals surface area contributed by atoms with Crippen LogP contribution in [0.2, 0.25) is 5.02 Å². The molecule has 0 saturated carbocycles. The molecular formula is C14H21ClN2. The normalized spacial score (nSPS) is 22.4. The van der Waals surface area contributed by atoms with Crippen LogP contribution in [0.25, 0.3) is 0 Å². The highest BCUT2D eigenvalue weighted by atomic mass is 35.5. The fraction of sp³-hybridized carbons (Fsp3) is 0.571. The van der Waals surface area contributed by atoms with E-state index in [4.69, 9.17) is 11.6 Å². The molecule has 1 N–H and O–H groups in total. The van der Waals surface area contributed by atoms with Crippen molar-refractivity contribution in [3.05, 3.63) is 34.9 Å². The first-order valence-electron chi connectivity index (χ1n) is 6.41. The second kappa shape index (κ2) is 6.39. The highest BCUT2D eigenvalue weighted by Gasteiger charge is 2.13. The number of nitrogens with one attached hydrogen (secondary N) is 1. The average molecular weight is 253 g/mol. The van der Waals surface area contributed by atoms with Crippen LogP contribution in [-0.4, -0.2) is 37.6 Å². The van der Waals surface area contributed by atoms with Crippen LogP contribution in [0.5, 0.6) is 0 Å². The molecule has 1 aliphatic rings. The van der Waals surface area contributed by atoms with Gasteiger partial charge in [-0.05, 0) is 36.6 Å². The number of benzene rings is 1. The third kappa shape index (κ3) is 4.30. The molecule has 1 atom stereocenters. The van der Waals surface area contributed by atoms with Crippen LogP contribution >= 0.6 is 11.6 Å². The minimum Gasteiger partial charge on any atom is -0.315 e. The molecule has 1 fully saturated rings. The quantitative estimate of drug-likeness (QED) is 0.889. The predicted octanol–water partition coefficient (Wildman–Crippen LogP) is 2.42. The van der Waals surface area contributed by atoms with Crippen molar-refractivity contribution in [1.82, 2.24) is 10.2 Å². The Labute approximate surface area is 109 Å². The van der Waals surface area contributed by atoms with Crippen molar-refractivity contribution in [1.29, 1.82) is 0 Å². The van der Waals surface area contributed by atoms with E-state index in [1.807, 2.05) is 12.1 Å². The predicted molar refractivity (Wildman–Crippen MR) is 73.6 cm³/mol. The van der Waals surface area contributed by atoms with Crippen molar-refractivity contribution < 1.29 is 0 Å². The minimum absolute atomic E-state index is 0.747. The SMILES string of the molecule is CC1CNCCN(CCc2cccc(Cl)c2)C1. The molecule has 1 saturated heterocycles. The van der Waals surface area contributed by atoms with E-state index in [0.717, 1.165) is 43.5 Å². The van der Waals surface area contributed by atoms with Crippen molar-refractivity contribution in [3.8, 4) is 0 Å². The van der Waals surface area contributed by atoms with Gasteiger partial charge in [0.1, 0.15) is 0 Å². The first kappa shape index (κ1) is 12.9. The lowest BCUT2D eigenvalue weighted by atomic mass is 10.1. The van der Waals surface area contributed by atoms with E-state index in [9.17, 15) is 0 Å². The van der Waals surface area contributed by atoms with Crippen LogP contribution in [-0.2, 0) is 6.42 Å². The summed E-state index contributed by atoms with van der Waals surface area (Å²) in [4.78, 5) is 2.55. The highest BCUT2D eigenvalue weighted by molar-refractivity contribution is 6.30. The van der Waals surface area contributed by atoms with Gasteiger partial charge in [-0.3, -0.25) is 0 Å². The largest absolute Gasteiger partial charge is 0.315 e. The van der Waals surface area contributed by atoms with Gasteiger partial charge in [0.25, 0.3) is 0 Å². The molecule has 0 radical (unpaired) electrons. The number of nitrogens with zero attached hydrogens (tertiary/aromatic N) is 1. The number of rotatable bonds is 3. The summed E-state index contributed by atoms with van der Waals surface area (Å²) >= 11 is 5.99. The summed E-state index contributed by atoms with van der Waals surface area (Å²) in [6.07, 6.45) is 1.09. The average Bonchev–Trinajstić information content (AvgIpc) is 2.51. The van der Waals surface area contributed by atoms with E-state index in [0.29, 0.717) is 0 Å². The fourth-order valence-electron chi connectivity index (χ4n) is 2.37. The van der Waals surface area contributed by atoms with Gasteiger partial charge in [-0.25, -0.2) is 0 Å². The van der Waals surface area contributed by atoms with Crippen LogP contribution in [0, 0.1) is 5.92 Å². The third-order valence-electron chi connectivity index (χ3n) is 3.27. The molecular weight excluding hydrogens is 232 g/mol. The van der Waals surface area contributed by atoms with Gasteiger partial charge in [-0.15, -0.1) is 0 Å². The smallest absolute Gasteiger partial charge is 0.0408 e.